The molecule has 2 atom stereocenters. The van der Waals surface area contributed by atoms with Gasteiger partial charge in [-0.3, -0.25) is 0 Å². The Hall–Kier alpha value is 2.56. The fourth-order valence-electron chi connectivity index (χ4n) is 0.525. The molecule has 2 unspecified atom stereocenters. The minimum Gasteiger partial charge on any atom is -0.811 e. The quantitative estimate of drug-likeness (QED) is 0.203. The molecule has 0 saturated heterocycles. The van der Waals surface area contributed by atoms with Crippen molar-refractivity contribution >= 4 is 30.6 Å². The van der Waals surface area contributed by atoms with E-state index in [1.54, 1.807) is 13.8 Å². The predicted molar refractivity (Wildman–Crippen MR) is 110 cm³/mol. The molecule has 0 aliphatic carbocycles. The molecule has 200 valence electrons. The standard InChI is InChI=1S/C5H13O3P.C4H11O4P.2C3H9O3P.2Na/c1-5(2)4-8-9(3,6)7;1-4(2)3-8-9(5,6)7;2*1-3(2)7(4,5)6;;/h5H,4H2,1-3H3,(H,6,7);4H,3H2,1-2H3,(H2,5,6,7);2*3H,1-2H3,(H2,4,5,6);;/q;;;;2*+1/p-6. The Balaban J connectivity index is -0.0000000759. The van der Waals surface area contributed by atoms with Crippen LogP contribution in [0.2, 0.25) is 0 Å². The van der Waals surface area contributed by atoms with Crippen molar-refractivity contribution in [3.63, 3.8) is 0 Å². The van der Waals surface area contributed by atoms with Gasteiger partial charge in [0.2, 0.25) is 0 Å². The van der Waals surface area contributed by atoms with Crippen LogP contribution in [0.3, 0.4) is 0 Å². The molecule has 19 heteroatoms. The normalized spacial score (nSPS) is 14.7. The van der Waals surface area contributed by atoms with E-state index in [0.717, 1.165) is 6.66 Å². The van der Waals surface area contributed by atoms with Gasteiger partial charge in [0, 0.05) is 12.3 Å². The van der Waals surface area contributed by atoms with E-state index in [4.69, 9.17) is 4.89 Å². The number of hydrogen-bond donors (Lipinski definition) is 1. The Morgan fingerprint density at radius 2 is 0.882 bits per heavy atom. The summed E-state index contributed by atoms with van der Waals surface area (Å²) in [5, 5.41) is 0. The average molecular weight is 594 g/mol. The molecule has 0 aliphatic heterocycles. The smallest absolute Gasteiger partial charge is 0.811 e. The average Bonchev–Trinajstić information content (AvgIpc) is 2.50. The van der Waals surface area contributed by atoms with Gasteiger partial charge in [0.15, 0.2) is 0 Å². The topological polar surface area (TPSA) is 245 Å². The number of phosphoric ester groups is 1. The van der Waals surface area contributed by atoms with Crippen LogP contribution < -0.4 is 88.5 Å². The van der Waals surface area contributed by atoms with Gasteiger partial charge in [0.25, 0.3) is 0 Å². The summed E-state index contributed by atoms with van der Waals surface area (Å²) in [6, 6.07) is 0. The Morgan fingerprint density at radius 1 is 0.647 bits per heavy atom. The fourth-order valence-corrected chi connectivity index (χ4v) is 1.57. The zero-order valence-corrected chi connectivity index (χ0v) is 29.4. The molecule has 0 bridgehead atoms. The Bertz CT molecular complexity index is 595. The van der Waals surface area contributed by atoms with Crippen molar-refractivity contribution in [2.75, 3.05) is 19.9 Å². The van der Waals surface area contributed by atoms with Crippen molar-refractivity contribution in [2.45, 2.75) is 66.7 Å². The van der Waals surface area contributed by atoms with Crippen LogP contribution in [0.5, 0.6) is 0 Å². The molecule has 1 N–H and O–H groups in total. The van der Waals surface area contributed by atoms with Crippen LogP contribution in [0.25, 0.3) is 0 Å². The molecule has 0 spiro atoms. The molecule has 34 heavy (non-hydrogen) atoms. The number of hydrogen-bond acceptors (Lipinski definition) is 12. The van der Waals surface area contributed by atoms with Crippen LogP contribution in [0.15, 0.2) is 0 Å². The van der Waals surface area contributed by atoms with Gasteiger partial charge < -0.3 is 61.6 Å². The van der Waals surface area contributed by atoms with Gasteiger partial charge in [-0.2, -0.15) is 0 Å². The molecule has 13 nitrogen and oxygen atoms in total. The summed E-state index contributed by atoms with van der Waals surface area (Å²) in [5.41, 5.74) is -1.40. The first-order chi connectivity index (χ1) is 13.7. The molecule has 0 aliphatic rings. The van der Waals surface area contributed by atoms with E-state index in [9.17, 15) is 47.6 Å². The van der Waals surface area contributed by atoms with Crippen molar-refractivity contribution < 1.29 is 121 Å². The zero-order valence-electron chi connectivity index (χ0n) is 21.9. The first kappa shape index (κ1) is 49.5. The van der Waals surface area contributed by atoms with Gasteiger partial charge in [-0.15, -0.1) is 0 Å². The van der Waals surface area contributed by atoms with Crippen molar-refractivity contribution in [3.05, 3.63) is 0 Å². The maximum absolute atomic E-state index is 10.3. The first-order valence-corrected chi connectivity index (χ1v) is 16.1. The summed E-state index contributed by atoms with van der Waals surface area (Å²) in [6.07, 6.45) is 0. The molecule has 0 rings (SSSR count). The molecule has 0 heterocycles. The second-order valence-corrected chi connectivity index (χ2v) is 15.1. The minimum absolute atomic E-state index is 0. The molecule has 0 aromatic rings. The molecular weight excluding hydrogens is 558 g/mol. The van der Waals surface area contributed by atoms with Crippen LogP contribution in [0.4, 0.5) is 0 Å². The van der Waals surface area contributed by atoms with Gasteiger partial charge in [0.1, 0.15) is 15.2 Å². The van der Waals surface area contributed by atoms with Crippen LogP contribution >= 0.6 is 30.6 Å². The monoisotopic (exact) mass is 594 g/mol. The third-order valence-electron chi connectivity index (χ3n) is 2.49. The van der Waals surface area contributed by atoms with E-state index in [0.29, 0.717) is 0 Å². The maximum atomic E-state index is 10.3. The second-order valence-electron chi connectivity index (χ2n) is 7.89. The van der Waals surface area contributed by atoms with E-state index in [2.05, 4.69) is 9.05 Å². The summed E-state index contributed by atoms with van der Waals surface area (Å²) >= 11 is 0. The van der Waals surface area contributed by atoms with Crippen LogP contribution in [0.1, 0.15) is 55.4 Å². The van der Waals surface area contributed by atoms with Gasteiger partial charge >= 0.3 is 59.1 Å². The van der Waals surface area contributed by atoms with Gasteiger partial charge in [-0.05, 0) is 17.5 Å². The largest absolute Gasteiger partial charge is 1.00 e. The third kappa shape index (κ3) is 55.2. The van der Waals surface area contributed by atoms with Crippen LogP contribution in [-0.4, -0.2) is 36.1 Å². The number of rotatable bonds is 8. The van der Waals surface area contributed by atoms with E-state index in [1.165, 1.54) is 27.7 Å². The van der Waals surface area contributed by atoms with E-state index >= 15 is 0 Å². The first-order valence-electron chi connectivity index (χ1n) is 9.37. The summed E-state index contributed by atoms with van der Waals surface area (Å²) < 4.78 is 48.3. The molecule has 0 radical (unpaired) electrons. The van der Waals surface area contributed by atoms with Crippen molar-refractivity contribution in [1.82, 2.24) is 0 Å². The van der Waals surface area contributed by atoms with Crippen LogP contribution in [0, 0.1) is 11.8 Å². The summed E-state index contributed by atoms with van der Waals surface area (Å²) in [4.78, 5) is 67.5. The zero-order chi connectivity index (χ0) is 27.1. The van der Waals surface area contributed by atoms with Crippen LogP contribution in [-0.2, 0) is 27.3 Å². The van der Waals surface area contributed by atoms with Crippen molar-refractivity contribution in [2.24, 2.45) is 11.8 Å². The summed E-state index contributed by atoms with van der Waals surface area (Å²) in [6.45, 7) is 14.2. The van der Waals surface area contributed by atoms with Gasteiger partial charge in [-0.1, -0.05) is 63.0 Å². The molecule has 0 amide bonds. The predicted octanol–water partition coefficient (Wildman–Crippen LogP) is -6.41. The Labute approximate surface area is 247 Å². The fraction of sp³-hybridized carbons (Fsp3) is 1.00. The molecule has 0 saturated carbocycles. The molecule has 0 aromatic carbocycles. The molecule has 0 fully saturated rings. The van der Waals surface area contributed by atoms with E-state index in [1.807, 2.05) is 13.8 Å². The second kappa shape index (κ2) is 23.4. The van der Waals surface area contributed by atoms with Crippen molar-refractivity contribution in [3.8, 4) is 0 Å². The SMILES string of the molecule is CC(C)COP(=O)([O-])[O-].CC(C)COP(C)(=O)[O-].CC(C)P(=O)([O-])O.CC(C)P(=O)([O-])[O-].[Na+].[Na+]. The Kier molecular flexibility index (Phi) is 34.1. The third-order valence-corrected chi connectivity index (χ3v) is 6.15. The van der Waals surface area contributed by atoms with Gasteiger partial charge in [0.05, 0.1) is 21.0 Å². The summed E-state index contributed by atoms with van der Waals surface area (Å²) in [5.74, 6) is 0.341. The van der Waals surface area contributed by atoms with E-state index in [-0.39, 0.29) is 84.2 Å². The Morgan fingerprint density at radius 3 is 0.941 bits per heavy atom. The minimum atomic E-state index is -4.72. The number of phosphoric acid groups is 1. The van der Waals surface area contributed by atoms with E-state index < -0.39 is 41.9 Å². The maximum Gasteiger partial charge on any atom is 1.00 e. The molecular formula is C15H36Na2O13P4-4. The molecule has 0 aromatic heterocycles. The van der Waals surface area contributed by atoms with Crippen molar-refractivity contribution in [1.29, 1.82) is 0 Å². The van der Waals surface area contributed by atoms with Gasteiger partial charge in [-0.25, -0.2) is 0 Å². The summed E-state index contributed by atoms with van der Waals surface area (Å²) in [7, 11) is -16.4.